The summed E-state index contributed by atoms with van der Waals surface area (Å²) in [6, 6.07) is 1.89. The number of aromatic nitrogens is 4. The van der Waals surface area contributed by atoms with Gasteiger partial charge in [-0.25, -0.2) is 19.3 Å². The third-order valence-corrected chi connectivity index (χ3v) is 6.07. The van der Waals surface area contributed by atoms with Crippen LogP contribution >= 0.6 is 11.3 Å². The summed E-state index contributed by atoms with van der Waals surface area (Å²) in [5, 5.41) is 12.1. The van der Waals surface area contributed by atoms with E-state index in [1.807, 2.05) is 32.2 Å². The Morgan fingerprint density at radius 3 is 2.85 bits per heavy atom. The maximum absolute atomic E-state index is 12.3. The SMILES string of the molecule is CNC(=O)c1nc(-c2cc(N3CCC[C@@H](NC(=O)OC(C)(C)C)C3)c3c(N)ncnn23)cs1. The van der Waals surface area contributed by atoms with Crippen LogP contribution in [-0.4, -0.2) is 63.4 Å². The monoisotopic (exact) mass is 472 g/mol. The van der Waals surface area contributed by atoms with Crippen molar-refractivity contribution in [3.63, 3.8) is 0 Å². The highest BCUT2D eigenvalue weighted by Crippen LogP contribution is 2.35. The first-order valence-corrected chi connectivity index (χ1v) is 11.6. The van der Waals surface area contributed by atoms with Crippen molar-refractivity contribution in [1.82, 2.24) is 30.2 Å². The van der Waals surface area contributed by atoms with E-state index in [1.165, 1.54) is 17.7 Å². The van der Waals surface area contributed by atoms with Gasteiger partial charge < -0.3 is 26.0 Å². The molecule has 1 atom stereocenters. The van der Waals surface area contributed by atoms with Crippen molar-refractivity contribution in [2.45, 2.75) is 45.3 Å². The molecule has 0 bridgehead atoms. The van der Waals surface area contributed by atoms with Crippen LogP contribution in [0.4, 0.5) is 16.3 Å². The number of amides is 2. The van der Waals surface area contributed by atoms with Gasteiger partial charge in [0.2, 0.25) is 0 Å². The van der Waals surface area contributed by atoms with Crippen LogP contribution in [0.25, 0.3) is 16.9 Å². The Morgan fingerprint density at radius 2 is 2.12 bits per heavy atom. The molecule has 1 fully saturated rings. The first kappa shape index (κ1) is 22.8. The largest absolute Gasteiger partial charge is 0.444 e. The molecule has 0 saturated carbocycles. The normalized spacial score (nSPS) is 16.6. The summed E-state index contributed by atoms with van der Waals surface area (Å²) in [6.07, 6.45) is 2.70. The van der Waals surface area contributed by atoms with Gasteiger partial charge in [-0.3, -0.25) is 4.79 Å². The van der Waals surface area contributed by atoms with E-state index in [-0.39, 0.29) is 11.9 Å². The molecular weight excluding hydrogens is 444 g/mol. The second-order valence-electron chi connectivity index (χ2n) is 8.87. The summed E-state index contributed by atoms with van der Waals surface area (Å²) in [5.41, 5.74) is 8.54. The molecule has 33 heavy (non-hydrogen) atoms. The first-order chi connectivity index (χ1) is 15.7. The lowest BCUT2D eigenvalue weighted by Crippen LogP contribution is -2.49. The second kappa shape index (κ2) is 8.85. The lowest BCUT2D eigenvalue weighted by atomic mass is 10.1. The number of fused-ring (bicyclic) bond motifs is 1. The Hall–Kier alpha value is -3.41. The van der Waals surface area contributed by atoms with Crippen LogP contribution in [0.1, 0.15) is 43.4 Å². The number of nitrogens with two attached hydrogens (primary N) is 1. The van der Waals surface area contributed by atoms with E-state index < -0.39 is 11.7 Å². The van der Waals surface area contributed by atoms with Gasteiger partial charge >= 0.3 is 6.09 Å². The van der Waals surface area contributed by atoms with Crippen molar-refractivity contribution in [2.75, 3.05) is 30.8 Å². The minimum atomic E-state index is -0.557. The molecule has 4 heterocycles. The zero-order chi connectivity index (χ0) is 23.8. The van der Waals surface area contributed by atoms with Crippen LogP contribution in [0.2, 0.25) is 0 Å². The number of thiazole rings is 1. The van der Waals surface area contributed by atoms with Crippen molar-refractivity contribution < 1.29 is 14.3 Å². The molecule has 176 valence electrons. The molecule has 3 aromatic rings. The molecular formula is C21H28N8O3S. The van der Waals surface area contributed by atoms with E-state index in [0.717, 1.165) is 25.1 Å². The fraction of sp³-hybridized carbons (Fsp3) is 0.476. The summed E-state index contributed by atoms with van der Waals surface area (Å²) in [4.78, 5) is 35.0. The van der Waals surface area contributed by atoms with Gasteiger partial charge in [-0.2, -0.15) is 5.10 Å². The highest BCUT2D eigenvalue weighted by atomic mass is 32.1. The lowest BCUT2D eigenvalue weighted by Gasteiger charge is -2.34. The Balaban J connectivity index is 1.64. The number of rotatable bonds is 4. The number of nitrogens with one attached hydrogen (secondary N) is 2. The van der Waals surface area contributed by atoms with Crippen molar-refractivity contribution in [3.8, 4) is 11.4 Å². The fourth-order valence-corrected chi connectivity index (χ4v) is 4.62. The molecule has 0 radical (unpaired) electrons. The predicted molar refractivity (Wildman–Crippen MR) is 127 cm³/mol. The van der Waals surface area contributed by atoms with Crippen LogP contribution in [-0.2, 0) is 4.74 Å². The van der Waals surface area contributed by atoms with Gasteiger partial charge in [0.1, 0.15) is 23.1 Å². The van der Waals surface area contributed by atoms with Crippen LogP contribution < -0.4 is 21.3 Å². The summed E-state index contributed by atoms with van der Waals surface area (Å²) in [5.74, 6) is 0.101. The zero-order valence-corrected chi connectivity index (χ0v) is 19.9. The van der Waals surface area contributed by atoms with Gasteiger partial charge in [-0.1, -0.05) is 0 Å². The molecule has 12 heteroatoms. The number of anilines is 2. The Bertz CT molecular complexity index is 1180. The number of ether oxygens (including phenoxy) is 1. The summed E-state index contributed by atoms with van der Waals surface area (Å²) < 4.78 is 7.11. The van der Waals surface area contributed by atoms with Crippen molar-refractivity contribution in [3.05, 3.63) is 22.8 Å². The molecule has 1 saturated heterocycles. The average molecular weight is 473 g/mol. The number of hydrogen-bond donors (Lipinski definition) is 3. The molecule has 1 aliphatic heterocycles. The van der Waals surface area contributed by atoms with E-state index in [2.05, 4.69) is 30.6 Å². The van der Waals surface area contributed by atoms with Crippen molar-refractivity contribution in [2.24, 2.45) is 0 Å². The lowest BCUT2D eigenvalue weighted by molar-refractivity contribution is 0.0500. The minimum Gasteiger partial charge on any atom is -0.444 e. The van der Waals surface area contributed by atoms with Gasteiger partial charge in [0.25, 0.3) is 5.91 Å². The van der Waals surface area contributed by atoms with Gasteiger partial charge in [0.05, 0.1) is 11.4 Å². The average Bonchev–Trinajstić information content (AvgIpc) is 3.37. The number of carbonyl (C=O) groups excluding carboxylic acids is 2. The highest BCUT2D eigenvalue weighted by Gasteiger charge is 2.28. The van der Waals surface area contributed by atoms with E-state index >= 15 is 0 Å². The number of hydrogen-bond acceptors (Lipinski definition) is 9. The molecule has 2 amide bonds. The third kappa shape index (κ3) is 4.85. The van der Waals surface area contributed by atoms with E-state index in [4.69, 9.17) is 10.5 Å². The quantitative estimate of drug-likeness (QED) is 0.525. The van der Waals surface area contributed by atoms with Crippen LogP contribution in [0, 0.1) is 0 Å². The third-order valence-electron chi connectivity index (χ3n) is 5.23. The maximum Gasteiger partial charge on any atom is 0.407 e. The second-order valence-corrected chi connectivity index (χ2v) is 9.73. The number of carbonyl (C=O) groups is 2. The van der Waals surface area contributed by atoms with E-state index in [1.54, 1.807) is 11.6 Å². The topological polar surface area (TPSA) is 140 Å². The Kier molecular flexibility index (Phi) is 6.11. The molecule has 4 N–H and O–H groups in total. The van der Waals surface area contributed by atoms with Gasteiger partial charge in [-0.15, -0.1) is 11.3 Å². The summed E-state index contributed by atoms with van der Waals surface area (Å²) in [6.45, 7) is 6.90. The van der Waals surface area contributed by atoms with Crippen molar-refractivity contribution in [1.29, 1.82) is 0 Å². The van der Waals surface area contributed by atoms with Gasteiger partial charge in [-0.05, 0) is 39.7 Å². The van der Waals surface area contributed by atoms with Crippen molar-refractivity contribution >= 4 is 40.4 Å². The summed E-state index contributed by atoms with van der Waals surface area (Å²) in [7, 11) is 1.57. The first-order valence-electron chi connectivity index (χ1n) is 10.7. The van der Waals surface area contributed by atoms with Gasteiger partial charge in [0, 0.05) is 31.6 Å². The molecule has 0 spiro atoms. The molecule has 1 aliphatic rings. The number of nitrogen functional groups attached to an aromatic ring is 1. The highest BCUT2D eigenvalue weighted by molar-refractivity contribution is 7.12. The summed E-state index contributed by atoms with van der Waals surface area (Å²) >= 11 is 1.26. The molecule has 0 unspecified atom stereocenters. The maximum atomic E-state index is 12.3. The molecule has 0 aliphatic carbocycles. The zero-order valence-electron chi connectivity index (χ0n) is 19.1. The number of piperidine rings is 1. The molecule has 3 aromatic heterocycles. The van der Waals surface area contributed by atoms with Crippen LogP contribution in [0.3, 0.4) is 0 Å². The minimum absolute atomic E-state index is 0.0722. The standard InChI is InChI=1S/C21H28N8O3S/c1-21(2,3)32-20(31)26-12-6-5-7-28(9-12)15-8-14(29-16(15)17(22)24-11-25-29)13-10-33-19(27-13)18(30)23-4/h8,10-12H,5-7,9H2,1-4H3,(H,23,30)(H,26,31)(H2,22,24,25)/t12-/m1/s1. The molecule has 4 rings (SSSR count). The van der Waals surface area contributed by atoms with E-state index in [9.17, 15) is 9.59 Å². The number of alkyl carbamates (subject to hydrolysis) is 1. The van der Waals surface area contributed by atoms with E-state index in [0.29, 0.717) is 34.3 Å². The van der Waals surface area contributed by atoms with Crippen LogP contribution in [0.5, 0.6) is 0 Å². The number of nitrogens with zero attached hydrogens (tertiary/aromatic N) is 5. The smallest absolute Gasteiger partial charge is 0.407 e. The van der Waals surface area contributed by atoms with Crippen LogP contribution in [0.15, 0.2) is 17.8 Å². The molecule has 0 aromatic carbocycles. The fourth-order valence-electron chi connectivity index (χ4n) is 3.86. The predicted octanol–water partition coefficient (Wildman–Crippen LogP) is 2.29. The molecule has 11 nitrogen and oxygen atoms in total. The Labute approximate surface area is 195 Å². The Morgan fingerprint density at radius 1 is 1.33 bits per heavy atom. The van der Waals surface area contributed by atoms with Gasteiger partial charge in [0.15, 0.2) is 10.8 Å².